The van der Waals surface area contributed by atoms with Gasteiger partial charge in [0.25, 0.3) is 0 Å². The highest BCUT2D eigenvalue weighted by atomic mass is 15.1. The van der Waals surface area contributed by atoms with Crippen molar-refractivity contribution in [3.63, 3.8) is 0 Å². The molecule has 2 N–H and O–H groups in total. The highest BCUT2D eigenvalue weighted by Gasteiger charge is 2.08. The van der Waals surface area contributed by atoms with Gasteiger partial charge in [-0.25, -0.2) is 4.98 Å². The van der Waals surface area contributed by atoms with E-state index in [9.17, 15) is 0 Å². The molecule has 2 rings (SSSR count). The van der Waals surface area contributed by atoms with E-state index >= 15 is 0 Å². The van der Waals surface area contributed by atoms with Gasteiger partial charge < -0.3 is 5.32 Å². The molecular formula is C10H14N4. The van der Waals surface area contributed by atoms with E-state index in [0.717, 1.165) is 35.4 Å². The summed E-state index contributed by atoms with van der Waals surface area (Å²) < 4.78 is 0. The van der Waals surface area contributed by atoms with Crippen LogP contribution in [0.15, 0.2) is 12.3 Å². The van der Waals surface area contributed by atoms with Crippen LogP contribution >= 0.6 is 0 Å². The second kappa shape index (κ2) is 3.65. The molecule has 0 spiro atoms. The minimum atomic E-state index is 0.875. The van der Waals surface area contributed by atoms with Crippen molar-refractivity contribution in [2.75, 3.05) is 11.9 Å². The molecule has 2 aromatic heterocycles. The van der Waals surface area contributed by atoms with Crippen LogP contribution in [0.1, 0.15) is 19.5 Å². The molecule has 0 aromatic carbocycles. The number of H-pyrrole nitrogens is 1. The molecule has 0 aliphatic carbocycles. The highest BCUT2D eigenvalue weighted by molar-refractivity contribution is 5.91. The molecule has 0 amide bonds. The summed E-state index contributed by atoms with van der Waals surface area (Å²) in [6, 6.07) is 1.92. The van der Waals surface area contributed by atoms with Crippen molar-refractivity contribution in [3.8, 4) is 0 Å². The average Bonchev–Trinajstić information content (AvgIpc) is 2.62. The molecule has 2 aromatic rings. The Kier molecular flexibility index (Phi) is 2.35. The number of anilines is 1. The SMILES string of the molecule is CCNc1nccc2n[nH]c(CC)c12. The number of nitrogens with zero attached hydrogens (tertiary/aromatic N) is 2. The van der Waals surface area contributed by atoms with Gasteiger partial charge in [0.2, 0.25) is 0 Å². The molecule has 0 aliphatic rings. The number of hydrogen-bond acceptors (Lipinski definition) is 3. The Morgan fingerprint density at radius 2 is 2.29 bits per heavy atom. The molecule has 0 aliphatic heterocycles. The quantitative estimate of drug-likeness (QED) is 0.777. The molecule has 4 heteroatoms. The summed E-state index contributed by atoms with van der Waals surface area (Å²) >= 11 is 0. The molecule has 0 unspecified atom stereocenters. The fraction of sp³-hybridized carbons (Fsp3) is 0.400. The summed E-state index contributed by atoms with van der Waals surface area (Å²) in [4.78, 5) is 4.31. The third-order valence-corrected chi connectivity index (χ3v) is 2.24. The predicted molar refractivity (Wildman–Crippen MR) is 57.4 cm³/mol. The Labute approximate surface area is 82.7 Å². The average molecular weight is 190 g/mol. The summed E-state index contributed by atoms with van der Waals surface area (Å²) in [6.45, 7) is 5.04. The van der Waals surface area contributed by atoms with Crippen LogP contribution in [-0.2, 0) is 6.42 Å². The summed E-state index contributed by atoms with van der Waals surface area (Å²) in [5, 5.41) is 11.6. The molecule has 0 fully saturated rings. The summed E-state index contributed by atoms with van der Waals surface area (Å²) in [7, 11) is 0. The zero-order chi connectivity index (χ0) is 9.97. The van der Waals surface area contributed by atoms with E-state index in [1.807, 2.05) is 6.07 Å². The van der Waals surface area contributed by atoms with Gasteiger partial charge in [-0.15, -0.1) is 0 Å². The van der Waals surface area contributed by atoms with E-state index < -0.39 is 0 Å². The van der Waals surface area contributed by atoms with Crippen LogP contribution in [0.5, 0.6) is 0 Å². The van der Waals surface area contributed by atoms with Crippen molar-refractivity contribution in [1.82, 2.24) is 15.2 Å². The van der Waals surface area contributed by atoms with Gasteiger partial charge in [-0.05, 0) is 19.4 Å². The first-order valence-electron chi connectivity index (χ1n) is 4.92. The Hall–Kier alpha value is -1.58. The first kappa shape index (κ1) is 8.99. The van der Waals surface area contributed by atoms with E-state index in [0.29, 0.717) is 0 Å². The number of aromatic amines is 1. The molecule has 2 heterocycles. The number of rotatable bonds is 3. The van der Waals surface area contributed by atoms with Crippen LogP contribution in [0.2, 0.25) is 0 Å². The number of hydrogen-bond donors (Lipinski definition) is 2. The lowest BCUT2D eigenvalue weighted by Gasteiger charge is -2.03. The standard InChI is InChI=1S/C10H14N4/c1-3-7-9-8(14-13-7)5-6-12-10(9)11-4-2/h5-6H,3-4H2,1-2H3,(H,11,12)(H,13,14). The van der Waals surface area contributed by atoms with Crippen molar-refractivity contribution in [3.05, 3.63) is 18.0 Å². The van der Waals surface area contributed by atoms with Crippen LogP contribution in [0.3, 0.4) is 0 Å². The number of fused-ring (bicyclic) bond motifs is 1. The maximum atomic E-state index is 4.31. The minimum Gasteiger partial charge on any atom is -0.370 e. The van der Waals surface area contributed by atoms with Crippen LogP contribution in [0.4, 0.5) is 5.82 Å². The van der Waals surface area contributed by atoms with Crippen molar-refractivity contribution in [2.24, 2.45) is 0 Å². The van der Waals surface area contributed by atoms with Crippen molar-refractivity contribution in [1.29, 1.82) is 0 Å². The normalized spacial score (nSPS) is 10.7. The van der Waals surface area contributed by atoms with E-state index in [2.05, 4.69) is 34.3 Å². The predicted octanol–water partition coefficient (Wildman–Crippen LogP) is 1.95. The molecule has 0 bridgehead atoms. The minimum absolute atomic E-state index is 0.875. The van der Waals surface area contributed by atoms with E-state index in [1.165, 1.54) is 0 Å². The first-order valence-corrected chi connectivity index (χ1v) is 4.92. The van der Waals surface area contributed by atoms with E-state index in [-0.39, 0.29) is 0 Å². The summed E-state index contributed by atoms with van der Waals surface area (Å²) in [5.74, 6) is 0.926. The van der Waals surface area contributed by atoms with Gasteiger partial charge in [0.1, 0.15) is 5.82 Å². The lowest BCUT2D eigenvalue weighted by molar-refractivity contribution is 0.988. The number of aromatic nitrogens is 3. The largest absolute Gasteiger partial charge is 0.370 e. The third kappa shape index (κ3) is 1.32. The zero-order valence-corrected chi connectivity index (χ0v) is 8.46. The van der Waals surface area contributed by atoms with Gasteiger partial charge in [0.15, 0.2) is 0 Å². The van der Waals surface area contributed by atoms with Gasteiger partial charge in [-0.2, -0.15) is 5.10 Å². The zero-order valence-electron chi connectivity index (χ0n) is 8.46. The lowest BCUT2D eigenvalue weighted by Crippen LogP contribution is -1.99. The van der Waals surface area contributed by atoms with Gasteiger partial charge in [-0.1, -0.05) is 6.92 Å². The van der Waals surface area contributed by atoms with Crippen LogP contribution in [0, 0.1) is 0 Å². The second-order valence-corrected chi connectivity index (χ2v) is 3.14. The summed E-state index contributed by atoms with van der Waals surface area (Å²) in [6.07, 6.45) is 2.72. The number of nitrogens with one attached hydrogen (secondary N) is 2. The second-order valence-electron chi connectivity index (χ2n) is 3.14. The van der Waals surface area contributed by atoms with Crippen molar-refractivity contribution >= 4 is 16.7 Å². The van der Waals surface area contributed by atoms with Gasteiger partial charge in [0.05, 0.1) is 10.9 Å². The van der Waals surface area contributed by atoms with Crippen LogP contribution in [-0.4, -0.2) is 21.7 Å². The molecule has 14 heavy (non-hydrogen) atoms. The number of pyridine rings is 1. The van der Waals surface area contributed by atoms with Gasteiger partial charge in [-0.3, -0.25) is 5.10 Å². The topological polar surface area (TPSA) is 53.6 Å². The Morgan fingerprint density at radius 1 is 1.43 bits per heavy atom. The maximum Gasteiger partial charge on any atom is 0.137 e. The van der Waals surface area contributed by atoms with Crippen LogP contribution < -0.4 is 5.32 Å². The monoisotopic (exact) mass is 190 g/mol. The van der Waals surface area contributed by atoms with Crippen molar-refractivity contribution < 1.29 is 0 Å². The molecular weight excluding hydrogens is 176 g/mol. The van der Waals surface area contributed by atoms with Gasteiger partial charge in [0, 0.05) is 18.4 Å². The van der Waals surface area contributed by atoms with Crippen molar-refractivity contribution in [2.45, 2.75) is 20.3 Å². The maximum absolute atomic E-state index is 4.31. The molecule has 0 atom stereocenters. The molecule has 0 radical (unpaired) electrons. The van der Waals surface area contributed by atoms with E-state index in [4.69, 9.17) is 0 Å². The third-order valence-electron chi connectivity index (χ3n) is 2.24. The fourth-order valence-corrected chi connectivity index (χ4v) is 1.58. The molecule has 74 valence electrons. The fourth-order valence-electron chi connectivity index (χ4n) is 1.58. The van der Waals surface area contributed by atoms with Gasteiger partial charge >= 0.3 is 0 Å². The Morgan fingerprint density at radius 3 is 3.00 bits per heavy atom. The molecule has 4 nitrogen and oxygen atoms in total. The highest BCUT2D eigenvalue weighted by Crippen LogP contribution is 2.22. The molecule has 0 saturated heterocycles. The van der Waals surface area contributed by atoms with E-state index in [1.54, 1.807) is 6.20 Å². The van der Waals surface area contributed by atoms with Crippen LogP contribution in [0.25, 0.3) is 10.9 Å². The Bertz CT molecular complexity index is 433. The summed E-state index contributed by atoms with van der Waals surface area (Å²) in [5.41, 5.74) is 2.12. The Balaban J connectivity index is 2.62. The lowest BCUT2D eigenvalue weighted by atomic mass is 10.2. The number of aryl methyl sites for hydroxylation is 1. The smallest absolute Gasteiger partial charge is 0.137 e. The molecule has 0 saturated carbocycles. The first-order chi connectivity index (χ1) is 6.86.